The van der Waals surface area contributed by atoms with E-state index in [4.69, 9.17) is 7.10 Å². The van der Waals surface area contributed by atoms with Crippen molar-refractivity contribution in [2.45, 2.75) is 83.4 Å². The number of amides is 4. The molecule has 0 radical (unpaired) electrons. The first kappa shape index (κ1) is 29.8. The van der Waals surface area contributed by atoms with Crippen molar-refractivity contribution in [1.29, 1.82) is 0 Å². The minimum atomic E-state index is -1.21. The predicted molar refractivity (Wildman–Crippen MR) is 135 cm³/mol. The van der Waals surface area contributed by atoms with Gasteiger partial charge in [-0.15, -0.1) is 0 Å². The molecule has 0 saturated heterocycles. The lowest BCUT2D eigenvalue weighted by Crippen LogP contribution is -2.49. The zero-order chi connectivity index (χ0) is 28.1. The molecule has 0 fully saturated rings. The van der Waals surface area contributed by atoms with E-state index in [2.05, 4.69) is 26.6 Å². The molecule has 1 aliphatic rings. The highest BCUT2D eigenvalue weighted by atomic mass is 79.9. The van der Waals surface area contributed by atoms with Crippen LogP contribution in [0.5, 0.6) is 0 Å². The largest absolute Gasteiger partial charge is 0.391 e. The molecule has 0 aliphatic carbocycles. The number of hydrogen-bond donors (Lipinski definition) is 4. The number of nitrogens with zero attached hydrogens (tertiary/aromatic N) is 1. The van der Waals surface area contributed by atoms with Gasteiger partial charge in [0.2, 0.25) is 11.8 Å². The summed E-state index contributed by atoms with van der Waals surface area (Å²) in [7, 11) is 0. The maximum Gasteiger partial charge on any atom is 0.267 e. The molecule has 0 unspecified atom stereocenters. The summed E-state index contributed by atoms with van der Waals surface area (Å²) in [5, 5.41) is 15.1. The molecule has 0 aromatic heterocycles. The summed E-state index contributed by atoms with van der Waals surface area (Å²) >= 11 is 3.03. The highest BCUT2D eigenvalue weighted by Gasteiger charge is 2.31. The number of Topliss-reactive ketones (excluding diaryl/α,β-unsaturated/α-hetero) is 1. The Morgan fingerprint density at radius 3 is 2.42 bits per heavy atom. The van der Waals surface area contributed by atoms with E-state index in [-0.39, 0.29) is 29.8 Å². The highest BCUT2D eigenvalue weighted by Crippen LogP contribution is 2.19. The van der Waals surface area contributed by atoms with Gasteiger partial charge in [-0.05, 0) is 62.0 Å². The summed E-state index contributed by atoms with van der Waals surface area (Å²) in [6.45, 7) is 3.39. The molecular weight excluding hydrogens is 536 g/mol. The molecule has 0 aromatic rings. The van der Waals surface area contributed by atoms with Crippen LogP contribution in [-0.4, -0.2) is 77.0 Å². The number of nitrogens with one attached hydrogen (secondary N) is 2. The smallest absolute Gasteiger partial charge is 0.267 e. The van der Waals surface area contributed by atoms with E-state index in [1.54, 1.807) is 0 Å². The molecule has 11 nitrogen and oxygen atoms in total. The van der Waals surface area contributed by atoms with Gasteiger partial charge in [0.1, 0.15) is 13.7 Å². The van der Waals surface area contributed by atoms with Crippen LogP contribution in [0.3, 0.4) is 0 Å². The van der Waals surface area contributed by atoms with E-state index in [1.165, 1.54) is 19.9 Å². The number of hydrogen-bond acceptors (Lipinski definition) is 8. The van der Waals surface area contributed by atoms with Crippen LogP contribution >= 0.6 is 15.9 Å². The fraction of sp³-hybridized carbons (Fsp3) is 0.667. The van der Waals surface area contributed by atoms with E-state index in [0.29, 0.717) is 45.1 Å². The standard InChI is InChI=1S/C24H37BrN4O7/c1-15(14-30)27-23(35)17(8-5-6-10-26)12-19(32)22(16(2)31)28-20(33)9-4-3-7-11-29-21(34)13-18(25)24(29)36/h13-17,22,31H,3-12,26H2,1-2H3,(H,27,35)(H,28,33)/t15-,16-,17-,22+/m1/s1/i14D. The number of nitrogens with two attached hydrogens (primary N) is 1. The Hall–Kier alpha value is -2.44. The van der Waals surface area contributed by atoms with Crippen LogP contribution in [-0.2, 0) is 28.8 Å². The molecule has 4 atom stereocenters. The Balaban J connectivity index is 2.59. The lowest BCUT2D eigenvalue weighted by Gasteiger charge is -2.23. The first-order valence-electron chi connectivity index (χ1n) is 12.6. The number of aldehydes is 1. The molecule has 202 valence electrons. The van der Waals surface area contributed by atoms with Gasteiger partial charge in [0.05, 0.1) is 16.6 Å². The van der Waals surface area contributed by atoms with E-state index < -0.39 is 53.9 Å². The van der Waals surface area contributed by atoms with Crippen molar-refractivity contribution in [2.24, 2.45) is 11.7 Å². The molecule has 0 saturated carbocycles. The van der Waals surface area contributed by atoms with Crippen molar-refractivity contribution >= 4 is 51.6 Å². The summed E-state index contributed by atoms with van der Waals surface area (Å²) < 4.78 is 7.34. The Labute approximate surface area is 221 Å². The predicted octanol–water partition coefficient (Wildman–Crippen LogP) is 0.468. The van der Waals surface area contributed by atoms with Gasteiger partial charge in [-0.3, -0.25) is 28.9 Å². The fourth-order valence-electron chi connectivity index (χ4n) is 3.73. The molecular formula is C24H37BrN4O7. The third-order valence-corrected chi connectivity index (χ3v) is 6.33. The average Bonchev–Trinajstić information content (AvgIpc) is 3.06. The Morgan fingerprint density at radius 2 is 1.86 bits per heavy atom. The molecule has 4 amide bonds. The van der Waals surface area contributed by atoms with Gasteiger partial charge in [0.25, 0.3) is 11.8 Å². The Kier molecular flexibility index (Phi) is 13.5. The maximum atomic E-state index is 12.9. The summed E-state index contributed by atoms with van der Waals surface area (Å²) in [6, 6.07) is -2.23. The summed E-state index contributed by atoms with van der Waals surface area (Å²) in [4.78, 5) is 73.8. The number of rotatable bonds is 18. The monoisotopic (exact) mass is 573 g/mol. The van der Waals surface area contributed by atoms with Crippen LogP contribution in [0.25, 0.3) is 0 Å². The number of unbranched alkanes of at least 4 members (excludes halogenated alkanes) is 3. The lowest BCUT2D eigenvalue weighted by molar-refractivity contribution is -0.137. The van der Waals surface area contributed by atoms with Crippen LogP contribution in [0.2, 0.25) is 0 Å². The first-order chi connectivity index (χ1) is 17.4. The van der Waals surface area contributed by atoms with E-state index in [1.807, 2.05) is 0 Å². The van der Waals surface area contributed by atoms with Gasteiger partial charge in [-0.1, -0.05) is 12.8 Å². The second-order valence-corrected chi connectivity index (χ2v) is 9.74. The van der Waals surface area contributed by atoms with Gasteiger partial charge in [-0.25, -0.2) is 0 Å². The normalized spacial score (nSPS) is 17.1. The molecule has 0 bridgehead atoms. The van der Waals surface area contributed by atoms with Crippen LogP contribution < -0.4 is 16.4 Å². The second kappa shape index (κ2) is 16.3. The van der Waals surface area contributed by atoms with Crippen LogP contribution in [0.15, 0.2) is 10.6 Å². The Bertz CT molecular complexity index is 896. The van der Waals surface area contributed by atoms with Crippen molar-refractivity contribution in [1.82, 2.24) is 15.5 Å². The van der Waals surface area contributed by atoms with E-state index in [0.717, 1.165) is 4.90 Å². The minimum absolute atomic E-state index is 0.0733. The van der Waals surface area contributed by atoms with Gasteiger partial charge >= 0.3 is 0 Å². The van der Waals surface area contributed by atoms with Crippen molar-refractivity contribution in [3.8, 4) is 0 Å². The van der Waals surface area contributed by atoms with Gasteiger partial charge in [-0.2, -0.15) is 0 Å². The fourth-order valence-corrected chi connectivity index (χ4v) is 4.14. The van der Waals surface area contributed by atoms with Crippen molar-refractivity contribution in [3.63, 3.8) is 0 Å². The zero-order valence-corrected chi connectivity index (χ0v) is 22.3. The van der Waals surface area contributed by atoms with Crippen LogP contribution in [0.4, 0.5) is 0 Å². The number of carbonyl (C=O) groups is 6. The molecule has 36 heavy (non-hydrogen) atoms. The SMILES string of the molecule is [2H]C(=O)[C@@H](C)NC(=O)[C@H](CCCCN)CC(=O)[C@@H](NC(=O)CCCCCN1C(=O)C=C(Br)C1=O)[C@@H](C)O. The number of imide groups is 1. The number of aliphatic hydroxyl groups excluding tert-OH is 1. The molecule has 0 aromatic carbocycles. The molecule has 0 spiro atoms. The van der Waals surface area contributed by atoms with E-state index >= 15 is 0 Å². The summed E-state index contributed by atoms with van der Waals surface area (Å²) in [5.74, 6) is -3.10. The third kappa shape index (κ3) is 10.7. The van der Waals surface area contributed by atoms with Crippen molar-refractivity contribution < 1.29 is 35.2 Å². The topological polar surface area (TPSA) is 176 Å². The number of carbonyl (C=O) groups excluding carboxylic acids is 6. The summed E-state index contributed by atoms with van der Waals surface area (Å²) in [6.07, 6.45) is 1.91. The van der Waals surface area contributed by atoms with E-state index in [9.17, 15) is 33.9 Å². The molecule has 12 heteroatoms. The molecule has 1 heterocycles. The van der Waals surface area contributed by atoms with Crippen molar-refractivity contribution in [3.05, 3.63) is 10.6 Å². The quantitative estimate of drug-likeness (QED) is 0.104. The Morgan fingerprint density at radius 1 is 1.17 bits per heavy atom. The molecule has 1 aliphatic heterocycles. The number of ketones is 1. The second-order valence-electron chi connectivity index (χ2n) is 8.88. The molecule has 5 N–H and O–H groups in total. The first-order valence-corrected chi connectivity index (χ1v) is 12.9. The van der Waals surface area contributed by atoms with Gasteiger partial charge in [0.15, 0.2) is 5.78 Å². The summed E-state index contributed by atoms with van der Waals surface area (Å²) in [5.41, 5.74) is 5.51. The lowest BCUT2D eigenvalue weighted by atomic mass is 9.91. The molecule has 1 rings (SSSR count). The minimum Gasteiger partial charge on any atom is -0.391 e. The maximum absolute atomic E-state index is 12.9. The zero-order valence-electron chi connectivity index (χ0n) is 21.8. The highest BCUT2D eigenvalue weighted by molar-refractivity contribution is 9.12. The number of aliphatic hydroxyl groups is 1. The third-order valence-electron chi connectivity index (χ3n) is 5.76. The van der Waals surface area contributed by atoms with Crippen LogP contribution in [0.1, 0.15) is 66.6 Å². The number of halogens is 1. The van der Waals surface area contributed by atoms with Crippen LogP contribution in [0, 0.1) is 5.92 Å². The van der Waals surface area contributed by atoms with Gasteiger partial charge in [0, 0.05) is 31.4 Å². The van der Waals surface area contributed by atoms with Crippen molar-refractivity contribution in [2.75, 3.05) is 13.1 Å². The van der Waals surface area contributed by atoms with Gasteiger partial charge < -0.3 is 26.3 Å². The average molecular weight is 574 g/mol.